The van der Waals surface area contributed by atoms with E-state index in [-0.39, 0.29) is 44.6 Å². The number of carboxylic acids is 1. The van der Waals surface area contributed by atoms with Crippen LogP contribution in [0.2, 0.25) is 0 Å². The molecule has 2 aromatic carbocycles. The Hall–Kier alpha value is -5.97. The van der Waals surface area contributed by atoms with Gasteiger partial charge in [0.1, 0.15) is 18.1 Å². The molecule has 2 unspecified atom stereocenters. The van der Waals surface area contributed by atoms with Gasteiger partial charge in [0.15, 0.2) is 5.96 Å². The highest BCUT2D eigenvalue weighted by Gasteiger charge is 2.32. The Bertz CT molecular complexity index is 1670. The number of primary amides is 1. The molecule has 13 N–H and O–H groups in total. The van der Waals surface area contributed by atoms with Gasteiger partial charge < -0.3 is 43.2 Å². The molecule has 0 spiro atoms. The number of aromatic nitrogens is 1. The van der Waals surface area contributed by atoms with Crippen LogP contribution in [0.5, 0.6) is 0 Å². The van der Waals surface area contributed by atoms with Crippen molar-refractivity contribution >= 4 is 52.4 Å². The molecule has 17 heteroatoms. The van der Waals surface area contributed by atoms with E-state index >= 15 is 0 Å². The van der Waals surface area contributed by atoms with Gasteiger partial charge in [-0.05, 0) is 42.9 Å². The van der Waals surface area contributed by atoms with Gasteiger partial charge in [0.05, 0.1) is 5.92 Å². The number of amides is 5. The van der Waals surface area contributed by atoms with E-state index in [0.29, 0.717) is 5.56 Å². The topological polar surface area (TPSA) is 297 Å². The first-order valence-corrected chi connectivity index (χ1v) is 15.9. The Morgan fingerprint density at radius 3 is 2.08 bits per heavy atom. The van der Waals surface area contributed by atoms with Crippen LogP contribution in [0.15, 0.2) is 65.8 Å². The van der Waals surface area contributed by atoms with Gasteiger partial charge in [-0.25, -0.2) is 5.48 Å². The number of nitrogens with zero attached hydrogens (tertiary/aromatic N) is 1. The molecule has 17 nitrogen and oxygen atoms in total. The van der Waals surface area contributed by atoms with Gasteiger partial charge in [-0.1, -0.05) is 48.5 Å². The van der Waals surface area contributed by atoms with Gasteiger partial charge in [-0.2, -0.15) is 0 Å². The third-order valence-electron chi connectivity index (χ3n) is 7.87. The van der Waals surface area contributed by atoms with Crippen LogP contribution in [0.4, 0.5) is 0 Å². The molecular formula is C33H43N9O8. The molecule has 0 aliphatic carbocycles. The summed E-state index contributed by atoms with van der Waals surface area (Å²) in [5.41, 5.74) is 20.0. The molecule has 3 aromatic rings. The molecule has 0 bridgehead atoms. The number of benzene rings is 2. The number of carbonyl (C=O) groups excluding carboxylic acids is 5. The van der Waals surface area contributed by atoms with Crippen LogP contribution in [-0.2, 0) is 41.6 Å². The van der Waals surface area contributed by atoms with Gasteiger partial charge >= 0.3 is 5.97 Å². The highest BCUT2D eigenvalue weighted by atomic mass is 16.5. The molecule has 1 aromatic heterocycles. The number of nitrogens with two attached hydrogens (primary N) is 3. The van der Waals surface area contributed by atoms with E-state index in [0.717, 1.165) is 16.5 Å². The average molecular weight is 694 g/mol. The van der Waals surface area contributed by atoms with Gasteiger partial charge in [0, 0.05) is 42.9 Å². The third-order valence-corrected chi connectivity index (χ3v) is 7.87. The monoisotopic (exact) mass is 693 g/mol. The second kappa shape index (κ2) is 19.1. The number of hydrogen-bond donors (Lipinski definition) is 10. The van der Waals surface area contributed by atoms with Crippen LogP contribution in [0.1, 0.15) is 43.2 Å². The van der Waals surface area contributed by atoms with Crippen LogP contribution in [-0.4, -0.2) is 81.4 Å². The lowest BCUT2D eigenvalue weighted by molar-refractivity contribution is -0.138. The van der Waals surface area contributed by atoms with Crippen LogP contribution in [0, 0.1) is 5.92 Å². The predicted molar refractivity (Wildman–Crippen MR) is 182 cm³/mol. The van der Waals surface area contributed by atoms with Crippen LogP contribution in [0.3, 0.4) is 0 Å². The van der Waals surface area contributed by atoms with Crippen LogP contribution >= 0.6 is 0 Å². The number of H-pyrrole nitrogens is 1. The van der Waals surface area contributed by atoms with Crippen molar-refractivity contribution in [3.8, 4) is 0 Å². The second-order valence-electron chi connectivity index (χ2n) is 11.7. The summed E-state index contributed by atoms with van der Waals surface area (Å²) in [5.74, 6) is -6.38. The molecule has 0 saturated carbocycles. The standard InChI is InChI=1S/C33H43N9O8/c34-29(46)24(12-13-28(44)45)39-32(49)26(16-21-18-38-23-10-5-4-9-22(21)23)41-31(48)25(11-6-14-37-33(35)36)40-30(47)20(17-27(43)42-50)15-19-7-2-1-3-8-19/h1-5,7-10,18,20,24-26,38,50H,6,11-17H2,(H2,34,46)(H,39,49)(H,40,47)(H,41,48)(H,42,43)(H,44,45)(H4,35,36,37)/t20-,24?,25?,26+/m1/s1. The van der Waals surface area contributed by atoms with Crippen LogP contribution in [0.25, 0.3) is 10.9 Å². The summed E-state index contributed by atoms with van der Waals surface area (Å²) in [4.78, 5) is 83.6. The van der Waals surface area contributed by atoms with Gasteiger partial charge in [0.2, 0.25) is 29.5 Å². The molecule has 0 radical (unpaired) electrons. The Morgan fingerprint density at radius 1 is 0.780 bits per heavy atom. The molecule has 0 aliphatic rings. The summed E-state index contributed by atoms with van der Waals surface area (Å²) >= 11 is 0. The van der Waals surface area contributed by atoms with E-state index in [2.05, 4.69) is 25.9 Å². The number of aliphatic imine (C=N–C) groups is 1. The van der Waals surface area contributed by atoms with E-state index in [4.69, 9.17) is 27.5 Å². The third kappa shape index (κ3) is 12.2. The van der Waals surface area contributed by atoms with Crippen molar-refractivity contribution in [2.45, 2.75) is 63.1 Å². The number of aliphatic carboxylic acids is 1. The number of hydrogen-bond acceptors (Lipinski definition) is 8. The quantitative estimate of drug-likeness (QED) is 0.0234. The highest BCUT2D eigenvalue weighted by molar-refractivity contribution is 5.95. The summed E-state index contributed by atoms with van der Waals surface area (Å²) in [7, 11) is 0. The van der Waals surface area contributed by atoms with Crippen molar-refractivity contribution in [3.63, 3.8) is 0 Å². The average Bonchev–Trinajstić information content (AvgIpc) is 3.49. The molecule has 0 aliphatic heterocycles. The summed E-state index contributed by atoms with van der Waals surface area (Å²) in [6.07, 6.45) is 0.843. The van der Waals surface area contributed by atoms with Gasteiger partial charge in [-0.15, -0.1) is 0 Å². The molecule has 0 fully saturated rings. The van der Waals surface area contributed by atoms with Crippen molar-refractivity contribution in [1.29, 1.82) is 0 Å². The fourth-order valence-corrected chi connectivity index (χ4v) is 5.32. The Kier molecular flexibility index (Phi) is 14.7. The Morgan fingerprint density at radius 2 is 1.42 bits per heavy atom. The Balaban J connectivity index is 1.91. The first-order valence-electron chi connectivity index (χ1n) is 15.9. The van der Waals surface area contributed by atoms with Crippen molar-refractivity contribution in [1.82, 2.24) is 26.4 Å². The van der Waals surface area contributed by atoms with E-state index in [1.165, 1.54) is 5.48 Å². The number of carbonyl (C=O) groups is 6. The van der Waals surface area contributed by atoms with Gasteiger partial charge in [-0.3, -0.25) is 39.0 Å². The summed E-state index contributed by atoms with van der Waals surface area (Å²) in [6, 6.07) is 12.2. The fourth-order valence-electron chi connectivity index (χ4n) is 5.32. The SMILES string of the molecule is NC(=O)C(CCC(=O)O)NC(=O)[C@H](Cc1c[nH]c2ccccc12)NC(=O)C(CCCN=C(N)N)NC(=O)[C@@H](CC(=O)NO)Cc1ccccc1. The molecule has 3 rings (SSSR count). The molecular weight excluding hydrogens is 650 g/mol. The summed E-state index contributed by atoms with van der Waals surface area (Å²) < 4.78 is 0. The minimum atomic E-state index is -1.34. The zero-order valence-electron chi connectivity index (χ0n) is 27.3. The molecule has 1 heterocycles. The number of carboxylic acid groups (broad SMARTS) is 1. The highest BCUT2D eigenvalue weighted by Crippen LogP contribution is 2.20. The lowest BCUT2D eigenvalue weighted by Crippen LogP contribution is -2.57. The van der Waals surface area contributed by atoms with E-state index in [1.54, 1.807) is 42.6 Å². The number of rotatable bonds is 20. The molecule has 4 atom stereocenters. The first-order chi connectivity index (χ1) is 23.9. The van der Waals surface area contributed by atoms with Crippen LogP contribution < -0.4 is 38.6 Å². The lowest BCUT2D eigenvalue weighted by Gasteiger charge is -2.26. The first kappa shape index (κ1) is 38.5. The number of hydroxylamine groups is 1. The predicted octanol–water partition coefficient (Wildman–Crippen LogP) is -0.677. The maximum Gasteiger partial charge on any atom is 0.303 e. The number of fused-ring (bicyclic) bond motifs is 1. The minimum absolute atomic E-state index is 0.0164. The number of guanidine groups is 1. The van der Waals surface area contributed by atoms with E-state index in [9.17, 15) is 28.8 Å². The number of aromatic amines is 1. The molecule has 5 amide bonds. The van der Waals surface area contributed by atoms with Crippen molar-refractivity contribution in [3.05, 3.63) is 71.9 Å². The zero-order chi connectivity index (χ0) is 36.6. The summed E-state index contributed by atoms with van der Waals surface area (Å²) in [6.45, 7) is 0.117. The Labute approximate surface area is 287 Å². The summed E-state index contributed by atoms with van der Waals surface area (Å²) in [5, 5.41) is 26.8. The van der Waals surface area contributed by atoms with Crippen molar-refractivity contribution in [2.24, 2.45) is 28.1 Å². The molecule has 0 saturated heterocycles. The molecule has 268 valence electrons. The largest absolute Gasteiger partial charge is 0.481 e. The lowest BCUT2D eigenvalue weighted by atomic mass is 9.94. The zero-order valence-corrected chi connectivity index (χ0v) is 27.3. The van der Waals surface area contributed by atoms with E-state index < -0.39 is 72.4 Å². The van der Waals surface area contributed by atoms with Crippen molar-refractivity contribution < 1.29 is 39.1 Å². The maximum atomic E-state index is 13.9. The molecule has 50 heavy (non-hydrogen) atoms. The minimum Gasteiger partial charge on any atom is -0.481 e. The second-order valence-corrected chi connectivity index (χ2v) is 11.7. The van der Waals surface area contributed by atoms with Gasteiger partial charge in [0.25, 0.3) is 0 Å². The maximum absolute atomic E-state index is 13.9. The number of para-hydroxylation sites is 1. The van der Waals surface area contributed by atoms with E-state index in [1.807, 2.05) is 18.2 Å². The van der Waals surface area contributed by atoms with Crippen molar-refractivity contribution in [2.75, 3.05) is 6.54 Å². The fraction of sp³-hybridized carbons (Fsp3) is 0.364. The smallest absolute Gasteiger partial charge is 0.303 e. The number of nitrogens with one attached hydrogen (secondary N) is 5. The normalized spacial score (nSPS) is 13.2.